The summed E-state index contributed by atoms with van der Waals surface area (Å²) in [7, 11) is 0. The van der Waals surface area contributed by atoms with E-state index in [2.05, 4.69) is 14.9 Å². The summed E-state index contributed by atoms with van der Waals surface area (Å²) in [4.78, 5) is 35.6. The van der Waals surface area contributed by atoms with Crippen LogP contribution >= 0.6 is 0 Å². The van der Waals surface area contributed by atoms with Crippen LogP contribution in [0.3, 0.4) is 0 Å². The Morgan fingerprint density at radius 1 is 1.16 bits per heavy atom. The largest absolute Gasteiger partial charge is 0.353 e. The fraction of sp³-hybridized carbons (Fsp3) is 0.353. The average molecular weight is 341 g/mol. The molecule has 0 unspecified atom stereocenters. The summed E-state index contributed by atoms with van der Waals surface area (Å²) in [6.07, 6.45) is 1.54. The molecule has 0 atom stereocenters. The minimum absolute atomic E-state index is 0.0269. The number of hydrogen-bond donors (Lipinski definition) is 0. The summed E-state index contributed by atoms with van der Waals surface area (Å²) >= 11 is 0. The molecule has 1 saturated heterocycles. The Bertz CT molecular complexity index is 816. The van der Waals surface area contributed by atoms with Gasteiger partial charge in [0.25, 0.3) is 11.6 Å². The van der Waals surface area contributed by atoms with E-state index in [1.54, 1.807) is 24.0 Å². The number of carbonyl (C=O) groups excluding carboxylic acids is 1. The Balaban J connectivity index is 1.72. The molecule has 8 heteroatoms. The molecule has 0 N–H and O–H groups in total. The third-order valence-corrected chi connectivity index (χ3v) is 4.41. The van der Waals surface area contributed by atoms with Gasteiger partial charge >= 0.3 is 0 Å². The Hall–Kier alpha value is -3.03. The number of nitro groups is 1. The molecule has 8 nitrogen and oxygen atoms in total. The quantitative estimate of drug-likeness (QED) is 0.626. The van der Waals surface area contributed by atoms with Crippen LogP contribution in [0.5, 0.6) is 0 Å². The molecule has 1 fully saturated rings. The maximum atomic E-state index is 12.8. The van der Waals surface area contributed by atoms with Crippen LogP contribution in [-0.2, 0) is 0 Å². The van der Waals surface area contributed by atoms with Gasteiger partial charge in [0.2, 0.25) is 0 Å². The van der Waals surface area contributed by atoms with Gasteiger partial charge < -0.3 is 9.80 Å². The van der Waals surface area contributed by atoms with Crippen LogP contribution in [-0.4, -0.2) is 51.9 Å². The maximum Gasteiger partial charge on any atom is 0.273 e. The number of aromatic nitrogens is 2. The van der Waals surface area contributed by atoms with Crippen molar-refractivity contribution in [2.75, 3.05) is 31.1 Å². The standard InChI is InChI=1S/C17H19N5O3/c1-12-10-16(19-11-18-12)20-6-8-21(9-7-20)17(23)14-4-3-5-15(13(14)2)22(24)25/h3-5,10-11H,6-9H2,1-2H3. The molecule has 0 saturated carbocycles. The van der Waals surface area contributed by atoms with E-state index in [1.807, 2.05) is 13.0 Å². The number of piperazine rings is 1. The molecule has 0 bridgehead atoms. The van der Waals surface area contributed by atoms with Crippen molar-refractivity contribution in [2.24, 2.45) is 0 Å². The highest BCUT2D eigenvalue weighted by Crippen LogP contribution is 2.23. The molecular formula is C17H19N5O3. The minimum atomic E-state index is -0.457. The number of rotatable bonds is 3. The van der Waals surface area contributed by atoms with Crippen molar-refractivity contribution in [2.45, 2.75) is 13.8 Å². The Morgan fingerprint density at radius 2 is 1.88 bits per heavy atom. The lowest BCUT2D eigenvalue weighted by Gasteiger charge is -2.35. The van der Waals surface area contributed by atoms with Gasteiger partial charge in [-0.15, -0.1) is 0 Å². The van der Waals surface area contributed by atoms with Gasteiger partial charge in [-0.2, -0.15) is 0 Å². The molecular weight excluding hydrogens is 322 g/mol. The SMILES string of the molecule is Cc1cc(N2CCN(C(=O)c3cccc([N+](=O)[O-])c3C)CC2)ncn1. The summed E-state index contributed by atoms with van der Waals surface area (Å²) in [5.74, 6) is 0.686. The van der Waals surface area contributed by atoms with Crippen LogP contribution < -0.4 is 4.90 Å². The molecule has 0 aliphatic carbocycles. The first-order valence-corrected chi connectivity index (χ1v) is 8.04. The van der Waals surface area contributed by atoms with E-state index in [9.17, 15) is 14.9 Å². The maximum absolute atomic E-state index is 12.8. The predicted molar refractivity (Wildman–Crippen MR) is 92.7 cm³/mol. The zero-order valence-electron chi connectivity index (χ0n) is 14.2. The van der Waals surface area contributed by atoms with E-state index in [4.69, 9.17) is 0 Å². The number of nitrogens with zero attached hydrogens (tertiary/aromatic N) is 5. The summed E-state index contributed by atoms with van der Waals surface area (Å²) < 4.78 is 0. The lowest BCUT2D eigenvalue weighted by molar-refractivity contribution is -0.385. The van der Waals surface area contributed by atoms with Gasteiger partial charge in [0.05, 0.1) is 4.92 Å². The smallest absolute Gasteiger partial charge is 0.273 e. The van der Waals surface area contributed by atoms with Crippen molar-refractivity contribution in [3.05, 3.63) is 57.5 Å². The van der Waals surface area contributed by atoms with E-state index < -0.39 is 4.92 Å². The number of nitro benzene ring substituents is 1. The van der Waals surface area contributed by atoms with Gasteiger partial charge in [-0.1, -0.05) is 6.07 Å². The highest BCUT2D eigenvalue weighted by Gasteiger charge is 2.26. The summed E-state index contributed by atoms with van der Waals surface area (Å²) in [5.41, 5.74) is 1.67. The molecule has 1 aromatic carbocycles. The number of anilines is 1. The molecule has 1 aliphatic rings. The topological polar surface area (TPSA) is 92.5 Å². The van der Waals surface area contributed by atoms with Crippen molar-refractivity contribution in [1.29, 1.82) is 0 Å². The second-order valence-electron chi connectivity index (χ2n) is 6.00. The third-order valence-electron chi connectivity index (χ3n) is 4.41. The monoisotopic (exact) mass is 341 g/mol. The van der Waals surface area contributed by atoms with Crippen LogP contribution in [0.2, 0.25) is 0 Å². The first kappa shape index (κ1) is 16.8. The lowest BCUT2D eigenvalue weighted by Crippen LogP contribution is -2.49. The molecule has 1 aliphatic heterocycles. The van der Waals surface area contributed by atoms with Gasteiger partial charge in [-0.3, -0.25) is 14.9 Å². The Labute approximate surface area is 145 Å². The molecule has 2 aromatic rings. The van der Waals surface area contributed by atoms with Gasteiger partial charge in [0.1, 0.15) is 12.1 Å². The van der Waals surface area contributed by atoms with Crippen molar-refractivity contribution >= 4 is 17.4 Å². The molecule has 0 radical (unpaired) electrons. The zero-order chi connectivity index (χ0) is 18.0. The fourth-order valence-corrected chi connectivity index (χ4v) is 2.98. The van der Waals surface area contributed by atoms with Gasteiger partial charge in [-0.05, 0) is 19.9 Å². The van der Waals surface area contributed by atoms with E-state index in [0.29, 0.717) is 37.3 Å². The first-order valence-electron chi connectivity index (χ1n) is 8.04. The van der Waals surface area contributed by atoms with Crippen LogP contribution in [0.1, 0.15) is 21.6 Å². The highest BCUT2D eigenvalue weighted by atomic mass is 16.6. The van der Waals surface area contributed by atoms with Crippen LogP contribution in [0.15, 0.2) is 30.6 Å². The summed E-state index contributed by atoms with van der Waals surface area (Å²) in [6, 6.07) is 6.53. The lowest BCUT2D eigenvalue weighted by atomic mass is 10.1. The second kappa shape index (κ2) is 6.84. The van der Waals surface area contributed by atoms with Crippen LogP contribution in [0, 0.1) is 24.0 Å². The van der Waals surface area contributed by atoms with Crippen molar-refractivity contribution < 1.29 is 9.72 Å². The Kier molecular flexibility index (Phi) is 4.60. The predicted octanol–water partition coefficient (Wildman–Crippen LogP) is 1.96. The molecule has 0 spiro atoms. The number of aryl methyl sites for hydroxylation is 1. The number of hydrogen-bond acceptors (Lipinski definition) is 6. The first-order chi connectivity index (χ1) is 12.0. The fourth-order valence-electron chi connectivity index (χ4n) is 2.98. The van der Waals surface area contributed by atoms with Gasteiger partial charge in [-0.25, -0.2) is 9.97 Å². The third kappa shape index (κ3) is 3.42. The number of amides is 1. The zero-order valence-corrected chi connectivity index (χ0v) is 14.2. The summed E-state index contributed by atoms with van der Waals surface area (Å²) in [5, 5.41) is 11.1. The van der Waals surface area contributed by atoms with Crippen molar-refractivity contribution in [1.82, 2.24) is 14.9 Å². The van der Waals surface area contributed by atoms with Gasteiger partial charge in [0.15, 0.2) is 0 Å². The number of benzene rings is 1. The van der Waals surface area contributed by atoms with E-state index in [1.165, 1.54) is 12.4 Å². The molecule has 25 heavy (non-hydrogen) atoms. The van der Waals surface area contributed by atoms with Crippen molar-refractivity contribution in [3.8, 4) is 0 Å². The molecule has 1 aromatic heterocycles. The van der Waals surface area contributed by atoms with E-state index >= 15 is 0 Å². The average Bonchev–Trinajstić information content (AvgIpc) is 2.61. The van der Waals surface area contributed by atoms with Gasteiger partial charge in [0, 0.05) is 55.1 Å². The molecule has 2 heterocycles. The van der Waals surface area contributed by atoms with E-state index in [0.717, 1.165) is 11.5 Å². The molecule has 130 valence electrons. The normalized spacial score (nSPS) is 14.5. The molecule has 1 amide bonds. The Morgan fingerprint density at radius 3 is 2.52 bits per heavy atom. The minimum Gasteiger partial charge on any atom is -0.353 e. The van der Waals surface area contributed by atoms with Crippen LogP contribution in [0.25, 0.3) is 0 Å². The number of carbonyl (C=O) groups is 1. The van der Waals surface area contributed by atoms with Crippen LogP contribution in [0.4, 0.5) is 11.5 Å². The molecule has 3 rings (SSSR count). The van der Waals surface area contributed by atoms with Crippen molar-refractivity contribution in [3.63, 3.8) is 0 Å². The second-order valence-corrected chi connectivity index (χ2v) is 6.00. The highest BCUT2D eigenvalue weighted by molar-refractivity contribution is 5.96. The summed E-state index contributed by atoms with van der Waals surface area (Å²) in [6.45, 7) is 5.95. The van der Waals surface area contributed by atoms with E-state index in [-0.39, 0.29) is 11.6 Å².